The Morgan fingerprint density at radius 1 is 0.958 bits per heavy atom. The van der Waals surface area contributed by atoms with E-state index in [0.29, 0.717) is 41.0 Å². The minimum atomic E-state index is -0.992. The molecule has 4 N–H and O–H groups in total. The summed E-state index contributed by atoms with van der Waals surface area (Å²) < 4.78 is 33.5. The molecule has 2 aromatic carbocycles. The number of carbonyl (C=O) groups excluding carboxylic acids is 3. The molecule has 2 amide bonds. The molecule has 3 aliphatic heterocycles. The number of hydroxylamine groups is 2. The number of methoxy groups -OCH3 is 2. The van der Waals surface area contributed by atoms with Crippen LogP contribution in [-0.4, -0.2) is 84.2 Å². The molecule has 0 spiro atoms. The average molecular weight is 670 g/mol. The zero-order chi connectivity index (χ0) is 34.7. The Labute approximate surface area is 278 Å². The van der Waals surface area contributed by atoms with Gasteiger partial charge in [0.2, 0.25) is 18.4 Å². The van der Waals surface area contributed by atoms with Crippen molar-refractivity contribution < 1.29 is 53.1 Å². The molecule has 0 unspecified atom stereocenters. The lowest BCUT2D eigenvalue weighted by Crippen LogP contribution is -2.61. The molecule has 2 aromatic rings. The minimum Gasteiger partial charge on any atom is -0.502 e. The molecule has 0 bridgehead atoms. The molecule has 2 saturated heterocycles. The zero-order valence-corrected chi connectivity index (χ0v) is 28.1. The lowest BCUT2D eigenvalue weighted by molar-refractivity contribution is -0.256. The lowest BCUT2D eigenvalue weighted by Gasteiger charge is -2.50. The number of aromatic hydroxyl groups is 1. The van der Waals surface area contributed by atoms with Crippen molar-refractivity contribution in [3.05, 3.63) is 41.0 Å². The smallest absolute Gasteiger partial charge is 0.408 e. The molecular formula is C34H43N3O11. The Morgan fingerprint density at radius 3 is 2.12 bits per heavy atom. The quantitative estimate of drug-likeness (QED) is 0.315. The van der Waals surface area contributed by atoms with Gasteiger partial charge in [-0.25, -0.2) is 4.79 Å². The fourth-order valence-electron chi connectivity index (χ4n) is 7.81. The number of fused-ring (bicyclic) bond motifs is 3. The second-order valence-electron chi connectivity index (χ2n) is 14.1. The van der Waals surface area contributed by atoms with E-state index in [0.717, 1.165) is 0 Å². The second-order valence-corrected chi connectivity index (χ2v) is 14.1. The van der Waals surface area contributed by atoms with Gasteiger partial charge in [-0.15, -0.1) is 0 Å². The van der Waals surface area contributed by atoms with Gasteiger partial charge in [0.05, 0.1) is 32.8 Å². The highest BCUT2D eigenvalue weighted by Gasteiger charge is 2.53. The number of alkyl carbamates (subject to hydrolysis) is 1. The maximum atomic E-state index is 13.7. The van der Waals surface area contributed by atoms with Gasteiger partial charge in [0.25, 0.3) is 0 Å². The molecule has 0 radical (unpaired) electrons. The van der Waals surface area contributed by atoms with Gasteiger partial charge in [-0.2, -0.15) is 5.06 Å². The summed E-state index contributed by atoms with van der Waals surface area (Å²) in [4.78, 5) is 40.1. The highest BCUT2D eigenvalue weighted by Crippen LogP contribution is 2.55. The molecule has 5 atom stereocenters. The SMILES string of the molecule is COc1cc([C@@H]2c3cc4c(cc3[C@@H](NC(=O)[C@H](C)NC(=O)OC3CC(C)(C)N(O)C(C)(C)C3)[C@H]3COC(=O)[C@H]23)OCO4)cc(OC)c1O. The van der Waals surface area contributed by atoms with Crippen LogP contribution in [0.4, 0.5) is 4.79 Å². The number of piperidine rings is 1. The van der Waals surface area contributed by atoms with Crippen LogP contribution in [0.3, 0.4) is 0 Å². The number of cyclic esters (lactones) is 1. The number of hydrogen-bond acceptors (Lipinski definition) is 12. The van der Waals surface area contributed by atoms with E-state index in [-0.39, 0.29) is 30.6 Å². The Morgan fingerprint density at radius 2 is 1.54 bits per heavy atom. The number of rotatable bonds is 7. The molecule has 14 nitrogen and oxygen atoms in total. The number of nitrogens with zero attached hydrogens (tertiary/aromatic N) is 1. The number of phenolic OH excluding ortho intramolecular Hbond substituents is 1. The normalized spacial score (nSPS) is 26.0. The van der Waals surface area contributed by atoms with Crippen LogP contribution in [0.1, 0.15) is 76.1 Å². The predicted octanol–water partition coefficient (Wildman–Crippen LogP) is 3.76. The third-order valence-electron chi connectivity index (χ3n) is 9.95. The Hall–Kier alpha value is -4.43. The average Bonchev–Trinajstić information content (AvgIpc) is 3.64. The van der Waals surface area contributed by atoms with Crippen molar-refractivity contribution in [2.45, 2.75) is 82.6 Å². The summed E-state index contributed by atoms with van der Waals surface area (Å²) in [6.07, 6.45) is -0.403. The fraction of sp³-hybridized carbons (Fsp3) is 0.559. The predicted molar refractivity (Wildman–Crippen MR) is 168 cm³/mol. The van der Waals surface area contributed by atoms with E-state index >= 15 is 0 Å². The lowest BCUT2D eigenvalue weighted by atomic mass is 9.65. The first kappa shape index (κ1) is 33.5. The van der Waals surface area contributed by atoms with Gasteiger partial charge in [-0.05, 0) is 75.6 Å². The molecule has 0 saturated carbocycles. The number of carbonyl (C=O) groups is 3. The standard InChI is InChI=1S/C34H43N3O11/c1-16(35-32(41)48-18-12-33(2,3)37(42)34(4,5)13-18)30(39)36-28-20-11-23-22(46-15-47-23)10-19(20)26(27-21(28)14-45-31(27)40)17-8-24(43-6)29(38)25(9-17)44-7/h8-11,16,18,21,26-28,38,42H,12-15H2,1-7H3,(H,35,41)(H,36,39)/t16-,21-,26+,27-,28+/m0/s1. The zero-order valence-electron chi connectivity index (χ0n) is 28.1. The Bertz CT molecular complexity index is 1580. The highest BCUT2D eigenvalue weighted by molar-refractivity contribution is 5.86. The number of amides is 2. The van der Waals surface area contributed by atoms with Crippen molar-refractivity contribution in [1.82, 2.24) is 15.7 Å². The highest BCUT2D eigenvalue weighted by atomic mass is 16.7. The van der Waals surface area contributed by atoms with Crippen LogP contribution in [0.15, 0.2) is 24.3 Å². The molecule has 48 heavy (non-hydrogen) atoms. The van der Waals surface area contributed by atoms with Crippen LogP contribution in [0.5, 0.6) is 28.7 Å². The first-order chi connectivity index (χ1) is 22.6. The van der Waals surface area contributed by atoms with Crippen LogP contribution in [0.2, 0.25) is 0 Å². The fourth-order valence-corrected chi connectivity index (χ4v) is 7.81. The van der Waals surface area contributed by atoms with Crippen LogP contribution >= 0.6 is 0 Å². The molecule has 2 fully saturated rings. The van der Waals surface area contributed by atoms with Crippen molar-refractivity contribution in [3.63, 3.8) is 0 Å². The molecule has 3 heterocycles. The summed E-state index contributed by atoms with van der Waals surface area (Å²) >= 11 is 0. The molecular weight excluding hydrogens is 626 g/mol. The maximum Gasteiger partial charge on any atom is 0.408 e. The second kappa shape index (κ2) is 12.2. The van der Waals surface area contributed by atoms with E-state index in [2.05, 4.69) is 10.6 Å². The summed E-state index contributed by atoms with van der Waals surface area (Å²) in [5.41, 5.74) is 0.782. The van der Waals surface area contributed by atoms with Gasteiger partial charge in [0.1, 0.15) is 12.1 Å². The third-order valence-corrected chi connectivity index (χ3v) is 9.95. The van der Waals surface area contributed by atoms with E-state index in [9.17, 15) is 24.7 Å². The summed E-state index contributed by atoms with van der Waals surface area (Å²) in [5, 5.41) is 28.2. The van der Waals surface area contributed by atoms with Gasteiger partial charge < -0.3 is 49.4 Å². The summed E-state index contributed by atoms with van der Waals surface area (Å²) in [6, 6.07) is 5.23. The Balaban J connectivity index is 1.28. The number of hydrogen-bond donors (Lipinski definition) is 4. The summed E-state index contributed by atoms with van der Waals surface area (Å²) in [7, 11) is 2.85. The van der Waals surface area contributed by atoms with Gasteiger partial charge in [-0.3, -0.25) is 9.59 Å². The van der Waals surface area contributed by atoms with Crippen LogP contribution in [0, 0.1) is 11.8 Å². The first-order valence-corrected chi connectivity index (χ1v) is 16.0. The topological polar surface area (TPSA) is 174 Å². The van der Waals surface area contributed by atoms with E-state index in [1.165, 1.54) is 19.3 Å². The summed E-state index contributed by atoms with van der Waals surface area (Å²) in [6.45, 7) is 9.10. The van der Waals surface area contributed by atoms with Crippen molar-refractivity contribution >= 4 is 18.0 Å². The van der Waals surface area contributed by atoms with Crippen molar-refractivity contribution in [2.75, 3.05) is 27.6 Å². The number of ether oxygens (including phenoxy) is 6. The third kappa shape index (κ3) is 5.80. The first-order valence-electron chi connectivity index (χ1n) is 16.0. The molecule has 0 aromatic heterocycles. The van der Waals surface area contributed by atoms with Gasteiger partial charge in [-0.1, -0.05) is 0 Å². The van der Waals surface area contributed by atoms with Crippen molar-refractivity contribution in [1.29, 1.82) is 0 Å². The number of nitrogens with one attached hydrogen (secondary N) is 2. The number of phenols is 1. The van der Waals surface area contributed by atoms with E-state index < -0.39 is 65.0 Å². The van der Waals surface area contributed by atoms with Crippen molar-refractivity contribution in [3.8, 4) is 28.7 Å². The van der Waals surface area contributed by atoms with E-state index in [1.807, 2.05) is 27.7 Å². The van der Waals surface area contributed by atoms with Crippen LogP contribution in [-0.2, 0) is 19.1 Å². The van der Waals surface area contributed by atoms with Gasteiger partial charge in [0, 0.05) is 35.8 Å². The van der Waals surface area contributed by atoms with Gasteiger partial charge in [0.15, 0.2) is 23.0 Å². The van der Waals surface area contributed by atoms with Crippen LogP contribution < -0.4 is 29.6 Å². The molecule has 14 heteroatoms. The molecule has 1 aliphatic carbocycles. The van der Waals surface area contributed by atoms with Crippen molar-refractivity contribution in [2.24, 2.45) is 11.8 Å². The maximum absolute atomic E-state index is 13.7. The minimum absolute atomic E-state index is 0.0183. The monoisotopic (exact) mass is 669 g/mol. The van der Waals surface area contributed by atoms with E-state index in [1.54, 1.807) is 31.2 Å². The summed E-state index contributed by atoms with van der Waals surface area (Å²) in [5.74, 6) is -1.56. The number of benzene rings is 2. The largest absolute Gasteiger partial charge is 0.502 e. The van der Waals surface area contributed by atoms with Crippen LogP contribution in [0.25, 0.3) is 0 Å². The van der Waals surface area contributed by atoms with Gasteiger partial charge >= 0.3 is 12.1 Å². The molecule has 6 rings (SSSR count). The molecule has 260 valence electrons. The Kier molecular flexibility index (Phi) is 8.52. The number of esters is 1. The van der Waals surface area contributed by atoms with E-state index in [4.69, 9.17) is 28.4 Å². The molecule has 4 aliphatic rings.